The van der Waals surface area contributed by atoms with Gasteiger partial charge >= 0.3 is 7.82 Å². The molecular formula is C24H12Br3I3N3O4P. The molecule has 0 aliphatic carbocycles. The van der Waals surface area contributed by atoms with Crippen molar-refractivity contribution in [1.82, 2.24) is 15.0 Å². The summed E-state index contributed by atoms with van der Waals surface area (Å²) in [5.41, 5.74) is 2.49. The van der Waals surface area contributed by atoms with Gasteiger partial charge in [0.1, 0.15) is 0 Å². The number of phosphoric acid groups is 1. The fourth-order valence-corrected chi connectivity index (χ4v) is 8.48. The van der Waals surface area contributed by atoms with Crippen molar-refractivity contribution in [1.29, 1.82) is 0 Å². The Morgan fingerprint density at radius 2 is 0.842 bits per heavy atom. The van der Waals surface area contributed by atoms with Gasteiger partial charge in [0.2, 0.25) is 0 Å². The van der Waals surface area contributed by atoms with Gasteiger partial charge in [0, 0.05) is 42.7 Å². The Kier molecular flexibility index (Phi) is 7.83. The average Bonchev–Trinajstić information content (AvgIpc) is 3.59. The van der Waals surface area contributed by atoms with Gasteiger partial charge in [-0.3, -0.25) is 0 Å². The highest BCUT2D eigenvalue weighted by atomic mass is 127. The molecule has 0 aliphatic rings. The average molecular weight is 1060 g/mol. The van der Waals surface area contributed by atoms with Gasteiger partial charge in [-0.05, 0) is 152 Å². The lowest BCUT2D eigenvalue weighted by molar-refractivity contribution is 0.302. The Morgan fingerprint density at radius 1 is 0.553 bits per heavy atom. The molecule has 0 aliphatic heterocycles. The zero-order valence-corrected chi connectivity index (χ0v) is 30.7. The van der Waals surface area contributed by atoms with Gasteiger partial charge in [0.05, 0.1) is 32.7 Å². The third-order valence-corrected chi connectivity index (χ3v) is 14.6. The van der Waals surface area contributed by atoms with Gasteiger partial charge in [0.25, 0.3) is 0 Å². The third-order valence-electron chi connectivity index (χ3n) is 5.73. The van der Waals surface area contributed by atoms with E-state index in [-0.39, 0.29) is 0 Å². The van der Waals surface area contributed by atoms with Crippen LogP contribution in [-0.4, -0.2) is 15.0 Å². The summed E-state index contributed by atoms with van der Waals surface area (Å²) in [6, 6.07) is 11.6. The van der Waals surface area contributed by atoms with Crippen molar-refractivity contribution in [2.75, 3.05) is 0 Å². The second-order valence-electron chi connectivity index (χ2n) is 8.03. The normalized spacial score (nSPS) is 12.1. The molecule has 3 aromatic carbocycles. The van der Waals surface area contributed by atoms with Crippen LogP contribution < -0.4 is 13.6 Å². The van der Waals surface area contributed by atoms with Crippen molar-refractivity contribution in [2.45, 2.75) is 0 Å². The third kappa shape index (κ3) is 4.95. The number of hydrogen-bond donors (Lipinski definition) is 3. The van der Waals surface area contributed by atoms with E-state index in [1.54, 1.807) is 18.6 Å². The standard InChI is InChI=1S/C24H12Br3I3N3O4P/c25-10-1-4-13-19(22(10)28)16(7-31-13)35-38(34,36-17-8-32-14-5-2-11(26)23(29)20(14)17)37-18-9-33-15-6-3-12(27)24(30)21(15)18/h1-9,31-33H. The van der Waals surface area contributed by atoms with Crippen molar-refractivity contribution in [3.63, 3.8) is 0 Å². The number of hydrogen-bond acceptors (Lipinski definition) is 4. The summed E-state index contributed by atoms with van der Waals surface area (Å²) in [4.78, 5) is 9.54. The van der Waals surface area contributed by atoms with Crippen LogP contribution in [0.2, 0.25) is 0 Å². The first-order valence-corrected chi connectivity index (χ1v) is 17.8. The van der Waals surface area contributed by atoms with E-state index in [0.29, 0.717) is 17.2 Å². The van der Waals surface area contributed by atoms with Gasteiger partial charge < -0.3 is 28.5 Å². The first-order valence-electron chi connectivity index (χ1n) is 10.7. The van der Waals surface area contributed by atoms with Crippen molar-refractivity contribution in [3.8, 4) is 17.2 Å². The summed E-state index contributed by atoms with van der Waals surface area (Å²) < 4.78 is 38.5. The van der Waals surface area contributed by atoms with E-state index in [0.717, 1.165) is 56.8 Å². The van der Waals surface area contributed by atoms with Gasteiger partial charge in [-0.25, -0.2) is 0 Å². The van der Waals surface area contributed by atoms with Crippen LogP contribution in [0, 0.1) is 10.7 Å². The summed E-state index contributed by atoms with van der Waals surface area (Å²) >= 11 is 17.4. The minimum absolute atomic E-state index is 0.348. The summed E-state index contributed by atoms with van der Waals surface area (Å²) in [7, 11) is -4.32. The highest BCUT2D eigenvalue weighted by Gasteiger charge is 2.37. The number of benzene rings is 3. The Bertz CT molecular complexity index is 1720. The van der Waals surface area contributed by atoms with Crippen LogP contribution in [0.1, 0.15) is 0 Å². The van der Waals surface area contributed by atoms with E-state index in [1.807, 2.05) is 36.4 Å². The van der Waals surface area contributed by atoms with Crippen LogP contribution in [0.4, 0.5) is 0 Å². The Hall–Kier alpha value is -0.460. The quantitative estimate of drug-likeness (QED) is 0.114. The molecule has 0 saturated carbocycles. The minimum Gasteiger partial charge on any atom is -0.384 e. The highest BCUT2D eigenvalue weighted by molar-refractivity contribution is 14.1. The molecule has 0 fully saturated rings. The molecule has 38 heavy (non-hydrogen) atoms. The highest BCUT2D eigenvalue weighted by Crippen LogP contribution is 2.54. The maximum Gasteiger partial charge on any atom is 0.647 e. The van der Waals surface area contributed by atoms with Gasteiger partial charge in [-0.2, -0.15) is 4.57 Å². The number of phosphoric ester groups is 1. The molecule has 14 heteroatoms. The molecule has 3 N–H and O–H groups in total. The van der Waals surface area contributed by atoms with Crippen molar-refractivity contribution < 1.29 is 18.1 Å². The molecule has 3 heterocycles. The topological polar surface area (TPSA) is 92.1 Å². The summed E-state index contributed by atoms with van der Waals surface area (Å²) in [5, 5.41) is 2.29. The molecule has 6 rings (SSSR count). The maximum absolute atomic E-state index is 14.6. The van der Waals surface area contributed by atoms with Crippen LogP contribution in [-0.2, 0) is 4.57 Å². The van der Waals surface area contributed by atoms with E-state index >= 15 is 0 Å². The Morgan fingerprint density at radius 3 is 1.13 bits per heavy atom. The molecule has 0 amide bonds. The van der Waals surface area contributed by atoms with E-state index in [2.05, 4.69) is 131 Å². The van der Waals surface area contributed by atoms with Gasteiger partial charge in [-0.15, -0.1) is 0 Å². The Balaban J connectivity index is 1.50. The number of nitrogens with one attached hydrogen (secondary N) is 3. The summed E-state index contributed by atoms with van der Waals surface area (Å²) in [6.07, 6.45) is 4.97. The minimum atomic E-state index is -4.32. The molecule has 194 valence electrons. The zero-order valence-electron chi connectivity index (χ0n) is 18.5. The summed E-state index contributed by atoms with van der Waals surface area (Å²) in [5.74, 6) is 1.04. The van der Waals surface area contributed by atoms with E-state index < -0.39 is 7.82 Å². The number of aromatic amines is 3. The van der Waals surface area contributed by atoms with Gasteiger partial charge in [0.15, 0.2) is 17.2 Å². The second kappa shape index (κ2) is 10.7. The molecule has 0 saturated heterocycles. The fraction of sp³-hybridized carbons (Fsp3) is 0. The fourth-order valence-electron chi connectivity index (χ4n) is 4.02. The predicted octanol–water partition coefficient (Wildman–Crippen LogP) is 10.9. The summed E-state index contributed by atoms with van der Waals surface area (Å²) in [6.45, 7) is 0. The lowest BCUT2D eigenvalue weighted by Crippen LogP contribution is -2.07. The van der Waals surface area contributed by atoms with E-state index in [9.17, 15) is 4.57 Å². The smallest absolute Gasteiger partial charge is 0.384 e. The molecule has 0 atom stereocenters. The molecule has 0 unspecified atom stereocenters. The van der Waals surface area contributed by atoms with Gasteiger partial charge in [-0.1, -0.05) is 0 Å². The van der Waals surface area contributed by atoms with Crippen LogP contribution in [0.25, 0.3) is 32.7 Å². The zero-order chi connectivity index (χ0) is 26.8. The van der Waals surface area contributed by atoms with Crippen LogP contribution in [0.3, 0.4) is 0 Å². The molecule has 7 nitrogen and oxygen atoms in total. The maximum atomic E-state index is 14.6. The number of aromatic nitrogens is 3. The van der Waals surface area contributed by atoms with E-state index in [1.165, 1.54) is 0 Å². The lowest BCUT2D eigenvalue weighted by atomic mass is 10.2. The first kappa shape index (κ1) is 27.7. The van der Waals surface area contributed by atoms with Crippen molar-refractivity contribution in [3.05, 3.63) is 79.1 Å². The molecule has 0 bridgehead atoms. The lowest BCUT2D eigenvalue weighted by Gasteiger charge is -2.19. The number of H-pyrrole nitrogens is 3. The molecular weight excluding hydrogens is 1050 g/mol. The van der Waals surface area contributed by atoms with Crippen LogP contribution >= 0.6 is 123 Å². The van der Waals surface area contributed by atoms with Crippen LogP contribution in [0.5, 0.6) is 17.2 Å². The SMILES string of the molecule is O=P(Oc1c[nH]c2ccc(Br)c(I)c12)(Oc1c[nH]c2ccc(Br)c(I)c12)Oc1c[nH]c2ccc(Br)c(I)c12. The van der Waals surface area contributed by atoms with Crippen molar-refractivity contribution >= 4 is 156 Å². The number of halogens is 6. The second-order valence-corrected chi connectivity index (χ2v) is 15.3. The first-order chi connectivity index (χ1) is 18.1. The molecule has 0 spiro atoms. The number of rotatable bonds is 6. The molecule has 3 aromatic heterocycles. The Labute approximate surface area is 281 Å². The molecule has 0 radical (unpaired) electrons. The van der Waals surface area contributed by atoms with E-state index in [4.69, 9.17) is 13.6 Å². The van der Waals surface area contributed by atoms with Crippen molar-refractivity contribution in [2.24, 2.45) is 0 Å². The van der Waals surface area contributed by atoms with Crippen LogP contribution in [0.15, 0.2) is 68.4 Å². The monoisotopic (exact) mass is 1050 g/mol. The predicted molar refractivity (Wildman–Crippen MR) is 186 cm³/mol. The largest absolute Gasteiger partial charge is 0.647 e. The molecule has 6 aromatic rings. The number of fused-ring (bicyclic) bond motifs is 3.